The van der Waals surface area contributed by atoms with Crippen molar-refractivity contribution >= 4 is 32.5 Å². The summed E-state index contributed by atoms with van der Waals surface area (Å²) in [6.07, 6.45) is 4.27. The average molecular weight is 455 g/mol. The van der Waals surface area contributed by atoms with E-state index in [0.29, 0.717) is 0 Å². The Hall–Kier alpha value is -1.89. The van der Waals surface area contributed by atoms with Gasteiger partial charge in [-0.25, -0.2) is 0 Å². The molecule has 0 aliphatic carbocycles. The van der Waals surface area contributed by atoms with Crippen LogP contribution in [0, 0.1) is 0 Å². The van der Waals surface area contributed by atoms with Gasteiger partial charge in [0, 0.05) is 55.3 Å². The first-order chi connectivity index (χ1) is 14.2. The van der Waals surface area contributed by atoms with Gasteiger partial charge in [-0.05, 0) is 49.6 Å². The minimum Gasteiger partial charge on any atom is -0.375 e. The molecule has 2 aliphatic heterocycles. The molecular formula is C23H27BrN4O. The predicted molar refractivity (Wildman–Crippen MR) is 122 cm³/mol. The fourth-order valence-corrected chi connectivity index (χ4v) is 5.26. The summed E-state index contributed by atoms with van der Waals surface area (Å²) in [6.45, 7) is 7.19. The quantitative estimate of drug-likeness (QED) is 0.628. The third-order valence-corrected chi connectivity index (χ3v) is 6.72. The topological polar surface area (TPSA) is 42.3 Å². The van der Waals surface area contributed by atoms with Crippen LogP contribution >= 0.6 is 15.9 Å². The van der Waals surface area contributed by atoms with Gasteiger partial charge < -0.3 is 19.5 Å². The number of ether oxygens (including phenoxy) is 1. The van der Waals surface area contributed by atoms with Gasteiger partial charge in [-0.15, -0.1) is 0 Å². The van der Waals surface area contributed by atoms with Gasteiger partial charge in [0.05, 0.1) is 34.9 Å². The highest BCUT2D eigenvalue weighted by Gasteiger charge is 2.23. The Labute approximate surface area is 180 Å². The van der Waals surface area contributed by atoms with E-state index >= 15 is 0 Å². The lowest BCUT2D eigenvalue weighted by molar-refractivity contribution is 0.116. The van der Waals surface area contributed by atoms with Gasteiger partial charge in [0.1, 0.15) is 0 Å². The third-order valence-electron chi connectivity index (χ3n) is 6.26. The molecule has 0 amide bonds. The highest BCUT2D eigenvalue weighted by Crippen LogP contribution is 2.39. The molecule has 6 heteroatoms. The Morgan fingerprint density at radius 2 is 1.97 bits per heavy atom. The zero-order valence-corrected chi connectivity index (χ0v) is 18.6. The van der Waals surface area contributed by atoms with Crippen molar-refractivity contribution in [1.82, 2.24) is 14.9 Å². The molecule has 29 heavy (non-hydrogen) atoms. The highest BCUT2D eigenvalue weighted by molar-refractivity contribution is 9.10. The Morgan fingerprint density at radius 3 is 2.76 bits per heavy atom. The SMILES string of the molecule is COC(C)c1ncc(N2CCNCC2)cc1-c1cc2cc(Br)cc3c2n1CCC3. The van der Waals surface area contributed by atoms with E-state index in [1.807, 2.05) is 6.20 Å². The van der Waals surface area contributed by atoms with E-state index in [-0.39, 0.29) is 6.10 Å². The van der Waals surface area contributed by atoms with Crippen LogP contribution in [0.1, 0.15) is 30.7 Å². The third kappa shape index (κ3) is 3.37. The molecule has 0 spiro atoms. The molecule has 5 rings (SSSR count). The predicted octanol–water partition coefficient (Wildman–Crippen LogP) is 4.53. The second-order valence-corrected chi connectivity index (χ2v) is 8.94. The number of pyridine rings is 1. The molecule has 1 fully saturated rings. The maximum atomic E-state index is 5.69. The van der Waals surface area contributed by atoms with Gasteiger partial charge in [0.2, 0.25) is 0 Å². The molecular weight excluding hydrogens is 428 g/mol. The van der Waals surface area contributed by atoms with Crippen LogP contribution < -0.4 is 10.2 Å². The summed E-state index contributed by atoms with van der Waals surface area (Å²) in [5, 5.41) is 4.73. The van der Waals surface area contributed by atoms with Crippen LogP contribution in [0.2, 0.25) is 0 Å². The van der Waals surface area contributed by atoms with Crippen molar-refractivity contribution in [1.29, 1.82) is 0 Å². The fraction of sp³-hybridized carbons (Fsp3) is 0.435. The lowest BCUT2D eigenvalue weighted by Crippen LogP contribution is -2.43. The van der Waals surface area contributed by atoms with Crippen LogP contribution in [0.15, 0.2) is 34.9 Å². The number of hydrogen-bond donors (Lipinski definition) is 1. The van der Waals surface area contributed by atoms with Crippen molar-refractivity contribution in [3.63, 3.8) is 0 Å². The molecule has 4 heterocycles. The van der Waals surface area contributed by atoms with Gasteiger partial charge in [-0.1, -0.05) is 15.9 Å². The molecule has 1 aromatic carbocycles. The number of piperazine rings is 1. The zero-order chi connectivity index (χ0) is 20.0. The lowest BCUT2D eigenvalue weighted by atomic mass is 10.0. The summed E-state index contributed by atoms with van der Waals surface area (Å²) in [4.78, 5) is 7.32. The van der Waals surface area contributed by atoms with Gasteiger partial charge in [-0.3, -0.25) is 4.98 Å². The van der Waals surface area contributed by atoms with Crippen LogP contribution in [-0.4, -0.2) is 42.8 Å². The average Bonchev–Trinajstić information content (AvgIpc) is 3.13. The first-order valence-electron chi connectivity index (χ1n) is 10.5. The summed E-state index contributed by atoms with van der Waals surface area (Å²) >= 11 is 3.70. The summed E-state index contributed by atoms with van der Waals surface area (Å²) in [5.41, 5.74) is 7.45. The summed E-state index contributed by atoms with van der Waals surface area (Å²) in [6, 6.07) is 9.16. The summed E-state index contributed by atoms with van der Waals surface area (Å²) < 4.78 is 9.33. The van der Waals surface area contributed by atoms with E-state index in [4.69, 9.17) is 9.72 Å². The van der Waals surface area contributed by atoms with Gasteiger partial charge in [0.15, 0.2) is 0 Å². The van der Waals surface area contributed by atoms with E-state index in [0.717, 1.165) is 49.3 Å². The number of nitrogens with one attached hydrogen (secondary N) is 1. The molecule has 3 aromatic rings. The second kappa shape index (κ2) is 7.74. The molecule has 2 aliphatic rings. The smallest absolute Gasteiger partial charge is 0.0969 e. The van der Waals surface area contributed by atoms with Crippen LogP contribution in [-0.2, 0) is 17.7 Å². The molecule has 0 bridgehead atoms. The number of hydrogen-bond acceptors (Lipinski definition) is 4. The Morgan fingerprint density at radius 1 is 1.14 bits per heavy atom. The molecule has 1 atom stereocenters. The van der Waals surface area contributed by atoms with E-state index in [1.54, 1.807) is 7.11 Å². The van der Waals surface area contributed by atoms with E-state index in [2.05, 4.69) is 61.9 Å². The van der Waals surface area contributed by atoms with Gasteiger partial charge in [-0.2, -0.15) is 0 Å². The maximum Gasteiger partial charge on any atom is 0.0969 e. The van der Waals surface area contributed by atoms with E-state index in [1.165, 1.54) is 39.8 Å². The number of aryl methyl sites for hydroxylation is 2. The van der Waals surface area contributed by atoms with Crippen molar-refractivity contribution in [2.24, 2.45) is 0 Å². The molecule has 0 saturated carbocycles. The molecule has 1 unspecified atom stereocenters. The number of anilines is 1. The highest BCUT2D eigenvalue weighted by atomic mass is 79.9. The van der Waals surface area contributed by atoms with E-state index < -0.39 is 0 Å². The molecule has 1 N–H and O–H groups in total. The van der Waals surface area contributed by atoms with Crippen LogP contribution in [0.3, 0.4) is 0 Å². The first kappa shape index (κ1) is 19.1. The normalized spacial score (nSPS) is 17.7. The van der Waals surface area contributed by atoms with Crippen molar-refractivity contribution in [3.05, 3.63) is 46.2 Å². The number of halogens is 1. The number of methoxy groups -OCH3 is 1. The van der Waals surface area contributed by atoms with Crippen molar-refractivity contribution in [2.75, 3.05) is 38.2 Å². The Balaban J connectivity index is 1.71. The van der Waals surface area contributed by atoms with Crippen molar-refractivity contribution in [3.8, 4) is 11.3 Å². The minimum atomic E-state index is -0.0531. The lowest BCUT2D eigenvalue weighted by Gasteiger charge is -2.30. The molecule has 152 valence electrons. The maximum absolute atomic E-state index is 5.69. The largest absolute Gasteiger partial charge is 0.375 e. The fourth-order valence-electron chi connectivity index (χ4n) is 4.74. The minimum absolute atomic E-state index is 0.0531. The number of benzene rings is 1. The standard InChI is InChI=1S/C23H27BrN4O/c1-15(29-2)22-20(13-19(14-26-22)27-8-5-25-6-9-27)21-12-17-11-18(24)10-16-4-3-7-28(21)23(16)17/h10-15,25H,3-9H2,1-2H3. The number of aromatic nitrogens is 2. The summed E-state index contributed by atoms with van der Waals surface area (Å²) in [5.74, 6) is 0. The first-order valence-corrected chi connectivity index (χ1v) is 11.3. The van der Waals surface area contributed by atoms with Crippen molar-refractivity contribution < 1.29 is 4.74 Å². The van der Waals surface area contributed by atoms with Crippen LogP contribution in [0.25, 0.3) is 22.2 Å². The Bertz CT molecular complexity index is 1050. The zero-order valence-electron chi connectivity index (χ0n) is 17.0. The van der Waals surface area contributed by atoms with Gasteiger partial charge >= 0.3 is 0 Å². The van der Waals surface area contributed by atoms with Crippen LogP contribution in [0.4, 0.5) is 5.69 Å². The van der Waals surface area contributed by atoms with E-state index in [9.17, 15) is 0 Å². The second-order valence-electron chi connectivity index (χ2n) is 8.03. The Kier molecular flexibility index (Phi) is 5.10. The number of rotatable bonds is 4. The van der Waals surface area contributed by atoms with Crippen molar-refractivity contribution in [2.45, 2.75) is 32.4 Å². The van der Waals surface area contributed by atoms with Gasteiger partial charge in [0.25, 0.3) is 0 Å². The van der Waals surface area contributed by atoms with Crippen LogP contribution in [0.5, 0.6) is 0 Å². The molecule has 2 aromatic heterocycles. The molecule has 1 saturated heterocycles. The monoisotopic (exact) mass is 454 g/mol. The molecule has 0 radical (unpaired) electrons. The molecule has 5 nitrogen and oxygen atoms in total. The number of nitrogens with zero attached hydrogens (tertiary/aromatic N) is 3. The summed E-state index contributed by atoms with van der Waals surface area (Å²) in [7, 11) is 1.76.